The molecule has 1 fully saturated rings. The first kappa shape index (κ1) is 18.0. The quantitative estimate of drug-likeness (QED) is 0.556. The molecule has 0 N–H and O–H groups in total. The van der Waals surface area contributed by atoms with Gasteiger partial charge < -0.3 is 5.01 Å². The molecule has 136 valence electrons. The van der Waals surface area contributed by atoms with Crippen LogP contribution in [-0.4, -0.2) is 24.6 Å². The second kappa shape index (κ2) is 8.12. The molecule has 0 bridgehead atoms. The van der Waals surface area contributed by atoms with Crippen molar-refractivity contribution in [3.05, 3.63) is 76.3 Å². The van der Waals surface area contributed by atoms with Crippen molar-refractivity contribution in [1.29, 1.82) is 5.26 Å². The van der Waals surface area contributed by atoms with Gasteiger partial charge in [0.05, 0.1) is 17.3 Å². The summed E-state index contributed by atoms with van der Waals surface area (Å²) in [6.45, 7) is 3.07. The molecular weight excluding hydrogens is 398 g/mol. The molecule has 3 nitrogen and oxygen atoms in total. The maximum Gasteiger partial charge on any atom is 0.0998 e. The second-order valence-corrected chi connectivity index (χ2v) is 7.77. The van der Waals surface area contributed by atoms with E-state index in [1.54, 1.807) is 0 Å². The molecule has 1 heterocycles. The first-order valence-electron chi connectivity index (χ1n) is 9.45. The lowest BCUT2D eigenvalue weighted by Crippen LogP contribution is -2.48. The van der Waals surface area contributed by atoms with E-state index in [2.05, 4.69) is 74.5 Å². The molecule has 0 amide bonds. The number of benzene rings is 3. The third-order valence-electron chi connectivity index (χ3n) is 5.27. The predicted octanol–water partition coefficient (Wildman–Crippen LogP) is 5.53. The number of hydrazine groups is 1. The Kier molecular flexibility index (Phi) is 5.42. The van der Waals surface area contributed by atoms with Gasteiger partial charge in [-0.3, -0.25) is 0 Å². The van der Waals surface area contributed by atoms with Gasteiger partial charge in [0, 0.05) is 34.9 Å². The molecule has 0 atom stereocenters. The molecule has 1 aliphatic rings. The van der Waals surface area contributed by atoms with Gasteiger partial charge in [-0.25, -0.2) is 5.01 Å². The van der Waals surface area contributed by atoms with Crippen molar-refractivity contribution >= 4 is 32.4 Å². The number of hydrogen-bond donors (Lipinski definition) is 0. The Morgan fingerprint density at radius 2 is 1.63 bits per heavy atom. The Hall–Kier alpha value is -2.35. The van der Waals surface area contributed by atoms with Crippen molar-refractivity contribution in [1.82, 2.24) is 5.01 Å². The highest BCUT2D eigenvalue weighted by molar-refractivity contribution is 9.10. The van der Waals surface area contributed by atoms with Crippen molar-refractivity contribution in [3.8, 4) is 6.07 Å². The summed E-state index contributed by atoms with van der Waals surface area (Å²) < 4.78 is 1.18. The number of rotatable bonds is 4. The lowest BCUT2D eigenvalue weighted by molar-refractivity contribution is 0.215. The van der Waals surface area contributed by atoms with Gasteiger partial charge in [0.1, 0.15) is 0 Å². The first-order chi connectivity index (χ1) is 13.3. The second-order valence-electron chi connectivity index (χ2n) is 6.91. The Labute approximate surface area is 168 Å². The summed E-state index contributed by atoms with van der Waals surface area (Å²) in [5, 5.41) is 16.5. The number of nitriles is 1. The number of hydrogen-bond acceptors (Lipinski definition) is 3. The monoisotopic (exact) mass is 419 g/mol. The van der Waals surface area contributed by atoms with E-state index in [9.17, 15) is 5.26 Å². The van der Waals surface area contributed by atoms with Crippen LogP contribution in [0.1, 0.15) is 24.0 Å². The van der Waals surface area contributed by atoms with Gasteiger partial charge in [-0.15, -0.1) is 0 Å². The van der Waals surface area contributed by atoms with Gasteiger partial charge in [0.2, 0.25) is 0 Å². The minimum Gasteiger partial charge on any atom is -0.305 e. The van der Waals surface area contributed by atoms with Crippen LogP contribution in [0.25, 0.3) is 10.8 Å². The van der Waals surface area contributed by atoms with Crippen molar-refractivity contribution in [2.75, 3.05) is 24.6 Å². The van der Waals surface area contributed by atoms with Crippen molar-refractivity contribution in [2.24, 2.45) is 0 Å². The third kappa shape index (κ3) is 3.71. The molecule has 1 saturated heterocycles. The molecule has 0 spiro atoms. The molecule has 3 aromatic rings. The summed E-state index contributed by atoms with van der Waals surface area (Å²) in [6.07, 6.45) is 3.42. The van der Waals surface area contributed by atoms with Crippen LogP contribution in [0.15, 0.2) is 65.1 Å². The van der Waals surface area contributed by atoms with E-state index in [0.717, 1.165) is 42.4 Å². The summed E-state index contributed by atoms with van der Waals surface area (Å²) in [5.41, 5.74) is 3.29. The van der Waals surface area contributed by atoms with E-state index in [4.69, 9.17) is 0 Å². The van der Waals surface area contributed by atoms with E-state index in [1.165, 1.54) is 28.6 Å². The molecule has 0 radical (unpaired) electrons. The van der Waals surface area contributed by atoms with Crippen molar-refractivity contribution < 1.29 is 0 Å². The van der Waals surface area contributed by atoms with Gasteiger partial charge in [-0.2, -0.15) is 5.26 Å². The van der Waals surface area contributed by atoms with Gasteiger partial charge in [0.25, 0.3) is 0 Å². The molecule has 4 heteroatoms. The molecular formula is C23H22BrN3. The Bertz CT molecular complexity index is 992. The molecule has 0 aliphatic carbocycles. The highest BCUT2D eigenvalue weighted by atomic mass is 79.9. The van der Waals surface area contributed by atoms with Crippen LogP contribution >= 0.6 is 15.9 Å². The Balaban J connectivity index is 1.64. The van der Waals surface area contributed by atoms with E-state index in [1.807, 2.05) is 18.2 Å². The van der Waals surface area contributed by atoms with Crippen LogP contribution in [0.5, 0.6) is 0 Å². The number of fused-ring (bicyclic) bond motifs is 1. The molecule has 0 saturated carbocycles. The average Bonchev–Trinajstić information content (AvgIpc) is 2.73. The lowest BCUT2D eigenvalue weighted by atomic mass is 10.0. The Morgan fingerprint density at radius 3 is 2.44 bits per heavy atom. The SMILES string of the molecule is N#Cc1ccc(N2CCCCN2CCc2ccccc2Br)c2ccccc12. The smallest absolute Gasteiger partial charge is 0.0998 e. The summed E-state index contributed by atoms with van der Waals surface area (Å²) >= 11 is 3.67. The van der Waals surface area contributed by atoms with Crippen LogP contribution in [0.4, 0.5) is 5.69 Å². The van der Waals surface area contributed by atoms with E-state index in [0.29, 0.717) is 0 Å². The van der Waals surface area contributed by atoms with Gasteiger partial charge in [-0.1, -0.05) is 58.4 Å². The fourth-order valence-electron chi connectivity index (χ4n) is 3.88. The summed E-state index contributed by atoms with van der Waals surface area (Å²) in [5.74, 6) is 0. The standard InChI is InChI=1S/C23H22BrN3/c24-22-10-4-1-7-18(22)13-16-26-14-5-6-15-27(26)23-12-11-19(17-25)20-8-2-3-9-21(20)23/h1-4,7-12H,5-6,13-16H2. The maximum atomic E-state index is 9.45. The van der Waals surface area contributed by atoms with Crippen LogP contribution < -0.4 is 5.01 Å². The van der Waals surface area contributed by atoms with Crippen molar-refractivity contribution in [3.63, 3.8) is 0 Å². The van der Waals surface area contributed by atoms with Crippen molar-refractivity contribution in [2.45, 2.75) is 19.3 Å². The molecule has 0 unspecified atom stereocenters. The zero-order valence-corrected chi connectivity index (χ0v) is 16.8. The minimum atomic E-state index is 0.742. The molecule has 27 heavy (non-hydrogen) atoms. The van der Waals surface area contributed by atoms with Crippen LogP contribution in [0, 0.1) is 11.3 Å². The van der Waals surface area contributed by atoms with Crippen LogP contribution in [0.2, 0.25) is 0 Å². The Morgan fingerprint density at radius 1 is 0.889 bits per heavy atom. The van der Waals surface area contributed by atoms with Crippen LogP contribution in [-0.2, 0) is 6.42 Å². The average molecular weight is 420 g/mol. The highest BCUT2D eigenvalue weighted by Crippen LogP contribution is 2.32. The summed E-state index contributed by atoms with van der Waals surface area (Å²) in [4.78, 5) is 0. The van der Waals surface area contributed by atoms with Gasteiger partial charge in [-0.05, 0) is 43.0 Å². The largest absolute Gasteiger partial charge is 0.305 e. The number of halogens is 1. The molecule has 3 aromatic carbocycles. The number of anilines is 1. The van der Waals surface area contributed by atoms with E-state index < -0.39 is 0 Å². The maximum absolute atomic E-state index is 9.45. The molecule has 0 aromatic heterocycles. The normalized spacial score (nSPS) is 15.0. The summed E-state index contributed by atoms with van der Waals surface area (Å²) in [7, 11) is 0. The van der Waals surface area contributed by atoms with E-state index >= 15 is 0 Å². The fourth-order valence-corrected chi connectivity index (χ4v) is 4.36. The fraction of sp³-hybridized carbons (Fsp3) is 0.261. The van der Waals surface area contributed by atoms with Gasteiger partial charge >= 0.3 is 0 Å². The topological polar surface area (TPSA) is 30.3 Å². The first-order valence-corrected chi connectivity index (χ1v) is 10.2. The van der Waals surface area contributed by atoms with Gasteiger partial charge in [0.15, 0.2) is 0 Å². The third-order valence-corrected chi connectivity index (χ3v) is 6.05. The minimum absolute atomic E-state index is 0.742. The lowest BCUT2D eigenvalue weighted by Gasteiger charge is -2.41. The number of nitrogens with zero attached hydrogens (tertiary/aromatic N) is 3. The van der Waals surface area contributed by atoms with Crippen LogP contribution in [0.3, 0.4) is 0 Å². The van der Waals surface area contributed by atoms with E-state index in [-0.39, 0.29) is 0 Å². The predicted molar refractivity (Wildman–Crippen MR) is 115 cm³/mol. The zero-order valence-electron chi connectivity index (χ0n) is 15.2. The summed E-state index contributed by atoms with van der Waals surface area (Å²) in [6, 6.07) is 23.1. The zero-order chi connectivity index (χ0) is 18.6. The molecule has 1 aliphatic heterocycles. The molecule has 4 rings (SSSR count). The highest BCUT2D eigenvalue weighted by Gasteiger charge is 2.22.